The molecule has 2 aliphatic heterocycles. The van der Waals surface area contributed by atoms with Gasteiger partial charge < -0.3 is 9.80 Å². The third-order valence-electron chi connectivity index (χ3n) is 4.52. The number of aromatic nitrogens is 2. The Bertz CT molecular complexity index is 576. The molecule has 1 aromatic heterocycles. The summed E-state index contributed by atoms with van der Waals surface area (Å²) in [6, 6.07) is 0. The number of anilines is 1. The Balaban J connectivity index is 1.65. The molecule has 3 heterocycles. The van der Waals surface area contributed by atoms with Crippen LogP contribution in [-0.2, 0) is 4.79 Å². The minimum absolute atomic E-state index is 0.0321. The van der Waals surface area contributed by atoms with E-state index in [1.165, 1.54) is 12.5 Å². The molecule has 0 saturated carbocycles. The highest BCUT2D eigenvalue weighted by Crippen LogP contribution is 2.31. The average molecular weight is 345 g/mol. The molecular weight excluding hydrogens is 326 g/mol. The average Bonchev–Trinajstić information content (AvgIpc) is 2.55. The number of hydrogen-bond acceptors (Lipinski definition) is 4. The second-order valence-electron chi connectivity index (χ2n) is 6.16. The Hall–Kier alpha value is -1.50. The summed E-state index contributed by atoms with van der Waals surface area (Å²) in [5.41, 5.74) is 0. The molecule has 0 N–H and O–H groups in total. The first-order valence-corrected chi connectivity index (χ1v) is 8.21. The Morgan fingerprint density at radius 3 is 2.74 bits per heavy atom. The van der Waals surface area contributed by atoms with E-state index in [0.29, 0.717) is 17.4 Å². The van der Waals surface area contributed by atoms with Crippen LogP contribution < -0.4 is 4.90 Å². The number of piperidine rings is 2. The van der Waals surface area contributed by atoms with E-state index in [9.17, 15) is 13.6 Å². The number of alkyl halides is 2. The van der Waals surface area contributed by atoms with Crippen LogP contribution in [0.25, 0.3) is 0 Å². The normalized spacial score (nSPS) is 24.6. The van der Waals surface area contributed by atoms with Gasteiger partial charge in [0, 0.05) is 39.0 Å². The summed E-state index contributed by atoms with van der Waals surface area (Å²) < 4.78 is 26.5. The van der Waals surface area contributed by atoms with Crippen molar-refractivity contribution in [1.29, 1.82) is 0 Å². The van der Waals surface area contributed by atoms with Crippen molar-refractivity contribution in [2.24, 2.45) is 5.92 Å². The molecule has 0 bridgehead atoms. The predicted molar refractivity (Wildman–Crippen MR) is 82.7 cm³/mol. The second-order valence-corrected chi connectivity index (χ2v) is 6.57. The van der Waals surface area contributed by atoms with Crippen LogP contribution in [0.1, 0.15) is 25.7 Å². The molecule has 1 aromatic rings. The molecule has 8 heteroatoms. The van der Waals surface area contributed by atoms with E-state index in [1.54, 1.807) is 4.90 Å². The van der Waals surface area contributed by atoms with Gasteiger partial charge in [-0.2, -0.15) is 0 Å². The van der Waals surface area contributed by atoms with Crippen LogP contribution in [0.3, 0.4) is 0 Å². The molecule has 2 saturated heterocycles. The van der Waals surface area contributed by atoms with Crippen molar-refractivity contribution < 1.29 is 13.6 Å². The zero-order valence-electron chi connectivity index (χ0n) is 12.7. The van der Waals surface area contributed by atoms with Crippen LogP contribution in [-0.4, -0.2) is 52.9 Å². The van der Waals surface area contributed by atoms with E-state index in [4.69, 9.17) is 11.6 Å². The second kappa shape index (κ2) is 6.55. The smallest absolute Gasteiger partial charge is 0.251 e. The highest BCUT2D eigenvalue weighted by atomic mass is 35.5. The molecule has 5 nitrogen and oxygen atoms in total. The molecule has 23 heavy (non-hydrogen) atoms. The largest absolute Gasteiger partial charge is 0.354 e. The van der Waals surface area contributed by atoms with Crippen molar-refractivity contribution in [3.63, 3.8) is 0 Å². The van der Waals surface area contributed by atoms with E-state index in [2.05, 4.69) is 9.97 Å². The van der Waals surface area contributed by atoms with Gasteiger partial charge in [0.2, 0.25) is 5.91 Å². The zero-order chi connectivity index (χ0) is 16.4. The monoisotopic (exact) mass is 344 g/mol. The van der Waals surface area contributed by atoms with Crippen molar-refractivity contribution >= 4 is 23.3 Å². The fourth-order valence-corrected chi connectivity index (χ4v) is 3.45. The number of hydrogen-bond donors (Lipinski definition) is 0. The summed E-state index contributed by atoms with van der Waals surface area (Å²) in [6.07, 6.45) is 4.09. The lowest BCUT2D eigenvalue weighted by Gasteiger charge is -2.38. The zero-order valence-corrected chi connectivity index (χ0v) is 13.5. The molecule has 1 atom stereocenters. The topological polar surface area (TPSA) is 49.3 Å². The predicted octanol–water partition coefficient (Wildman–Crippen LogP) is 2.60. The van der Waals surface area contributed by atoms with E-state index in [0.717, 1.165) is 19.4 Å². The van der Waals surface area contributed by atoms with Crippen molar-refractivity contribution in [3.05, 3.63) is 17.5 Å². The number of halogens is 3. The Kier molecular flexibility index (Phi) is 4.66. The fraction of sp³-hybridized carbons (Fsp3) is 0.667. The van der Waals surface area contributed by atoms with E-state index in [1.807, 2.05) is 4.90 Å². The summed E-state index contributed by atoms with van der Waals surface area (Å²) in [5.74, 6) is -2.23. The van der Waals surface area contributed by atoms with Gasteiger partial charge in [-0.1, -0.05) is 11.6 Å². The van der Waals surface area contributed by atoms with E-state index in [-0.39, 0.29) is 37.8 Å². The van der Waals surface area contributed by atoms with Crippen molar-refractivity contribution in [3.8, 4) is 0 Å². The van der Waals surface area contributed by atoms with E-state index >= 15 is 0 Å². The molecule has 3 rings (SSSR count). The minimum Gasteiger partial charge on any atom is -0.354 e. The Morgan fingerprint density at radius 2 is 2.04 bits per heavy atom. The van der Waals surface area contributed by atoms with Gasteiger partial charge in [0.15, 0.2) is 5.82 Å². The number of carbonyl (C=O) groups is 1. The molecule has 0 aromatic carbocycles. The van der Waals surface area contributed by atoms with Gasteiger partial charge in [-0.05, 0) is 12.8 Å². The number of amides is 1. The molecule has 2 fully saturated rings. The summed E-state index contributed by atoms with van der Waals surface area (Å²) in [6.45, 7) is 1.56. The summed E-state index contributed by atoms with van der Waals surface area (Å²) in [5, 5.41) is 0.457. The molecular formula is C15H19ClF2N4O. The van der Waals surface area contributed by atoms with Crippen LogP contribution in [0.2, 0.25) is 5.02 Å². The van der Waals surface area contributed by atoms with Gasteiger partial charge in [-0.15, -0.1) is 0 Å². The lowest BCUT2D eigenvalue weighted by atomic mass is 9.95. The maximum absolute atomic E-state index is 13.2. The molecule has 0 radical (unpaired) electrons. The number of rotatable bonds is 2. The molecule has 1 amide bonds. The molecule has 0 spiro atoms. The third-order valence-corrected chi connectivity index (χ3v) is 4.79. The van der Waals surface area contributed by atoms with Gasteiger partial charge in [0.25, 0.3) is 5.92 Å². The first-order chi connectivity index (χ1) is 11.0. The maximum atomic E-state index is 13.2. The van der Waals surface area contributed by atoms with Gasteiger partial charge in [0.1, 0.15) is 11.3 Å². The van der Waals surface area contributed by atoms with Crippen molar-refractivity contribution in [2.45, 2.75) is 31.6 Å². The molecule has 0 aliphatic carbocycles. The van der Waals surface area contributed by atoms with Gasteiger partial charge in [-0.3, -0.25) is 4.79 Å². The van der Waals surface area contributed by atoms with Crippen LogP contribution in [0.5, 0.6) is 0 Å². The lowest BCUT2D eigenvalue weighted by molar-refractivity contribution is -0.141. The van der Waals surface area contributed by atoms with Crippen LogP contribution in [0.15, 0.2) is 12.5 Å². The van der Waals surface area contributed by atoms with Crippen LogP contribution in [0, 0.1) is 5.92 Å². The maximum Gasteiger partial charge on any atom is 0.251 e. The van der Waals surface area contributed by atoms with Crippen molar-refractivity contribution in [2.75, 3.05) is 31.1 Å². The quantitative estimate of drug-likeness (QED) is 0.827. The van der Waals surface area contributed by atoms with Crippen LogP contribution in [0.4, 0.5) is 14.6 Å². The number of likely N-dealkylation sites (tertiary alicyclic amines) is 1. The Morgan fingerprint density at radius 1 is 1.30 bits per heavy atom. The van der Waals surface area contributed by atoms with E-state index < -0.39 is 5.92 Å². The third kappa shape index (κ3) is 3.71. The minimum atomic E-state index is -2.64. The van der Waals surface area contributed by atoms with Crippen molar-refractivity contribution in [1.82, 2.24) is 14.9 Å². The van der Waals surface area contributed by atoms with Gasteiger partial charge in [-0.25, -0.2) is 18.7 Å². The standard InChI is InChI=1S/C15H19ClF2N4O/c16-12-8-19-10-20-13(12)22-5-1-2-11(9-22)14(23)21-6-3-15(17,18)4-7-21/h8,10-11H,1-7,9H2. The first-order valence-electron chi connectivity index (χ1n) is 7.83. The summed E-state index contributed by atoms with van der Waals surface area (Å²) >= 11 is 6.12. The summed E-state index contributed by atoms with van der Waals surface area (Å²) in [4.78, 5) is 24.2. The number of nitrogens with zero attached hydrogens (tertiary/aromatic N) is 4. The highest BCUT2D eigenvalue weighted by Gasteiger charge is 2.38. The number of carbonyl (C=O) groups excluding carboxylic acids is 1. The molecule has 1 unspecified atom stereocenters. The molecule has 126 valence electrons. The fourth-order valence-electron chi connectivity index (χ4n) is 3.22. The Labute approximate surface area is 138 Å². The van der Waals surface area contributed by atoms with Gasteiger partial charge in [0.05, 0.1) is 12.1 Å². The highest BCUT2D eigenvalue weighted by molar-refractivity contribution is 6.32. The van der Waals surface area contributed by atoms with Gasteiger partial charge >= 0.3 is 0 Å². The lowest BCUT2D eigenvalue weighted by Crippen LogP contribution is -2.49. The van der Waals surface area contributed by atoms with Crippen LogP contribution >= 0.6 is 11.6 Å². The molecule has 2 aliphatic rings. The summed E-state index contributed by atoms with van der Waals surface area (Å²) in [7, 11) is 0. The SMILES string of the molecule is O=C(C1CCCN(c2ncncc2Cl)C1)N1CCC(F)(F)CC1. The first kappa shape index (κ1) is 16.4.